The summed E-state index contributed by atoms with van der Waals surface area (Å²) in [6, 6.07) is 5.97. The predicted molar refractivity (Wildman–Crippen MR) is 68.7 cm³/mol. The first-order valence-corrected chi connectivity index (χ1v) is 5.52. The third-order valence-corrected chi connectivity index (χ3v) is 2.73. The van der Waals surface area contributed by atoms with Crippen LogP contribution in [0.3, 0.4) is 0 Å². The molecular weight excluding hydrogens is 252 g/mol. The normalized spacial score (nSPS) is 11.3. The van der Waals surface area contributed by atoms with Gasteiger partial charge in [-0.2, -0.15) is 0 Å². The van der Waals surface area contributed by atoms with Gasteiger partial charge < -0.3 is 4.42 Å². The van der Waals surface area contributed by atoms with Gasteiger partial charge in [-0.15, -0.1) is 0 Å². The number of hydrogen-bond donors (Lipinski definition) is 0. The van der Waals surface area contributed by atoms with Gasteiger partial charge in [0.1, 0.15) is 11.3 Å². The van der Waals surface area contributed by atoms with E-state index in [1.807, 2.05) is 43.4 Å². The molecule has 1 nitrogen and oxygen atoms in total. The number of benzene rings is 1. The van der Waals surface area contributed by atoms with Crippen molar-refractivity contribution in [2.75, 3.05) is 0 Å². The van der Waals surface area contributed by atoms with Crippen LogP contribution in [0.15, 0.2) is 39.7 Å². The minimum Gasteiger partial charge on any atom is -0.456 e. The first-order valence-electron chi connectivity index (χ1n) is 4.73. The summed E-state index contributed by atoms with van der Waals surface area (Å²) < 4.78 is 6.75. The van der Waals surface area contributed by atoms with Crippen molar-refractivity contribution in [1.82, 2.24) is 0 Å². The fourth-order valence-electron chi connectivity index (χ4n) is 1.59. The SMILES string of the molecule is C=Cc1c(/C=C\C)oc2ccc(Br)cc12. The third kappa shape index (κ3) is 1.77. The second-order valence-electron chi connectivity index (χ2n) is 3.22. The Morgan fingerprint density at radius 3 is 2.87 bits per heavy atom. The lowest BCUT2D eigenvalue weighted by Gasteiger charge is -1.91. The van der Waals surface area contributed by atoms with Gasteiger partial charge >= 0.3 is 0 Å². The molecule has 0 atom stereocenters. The Morgan fingerprint density at radius 2 is 2.20 bits per heavy atom. The van der Waals surface area contributed by atoms with E-state index >= 15 is 0 Å². The minimum absolute atomic E-state index is 0.862. The average molecular weight is 263 g/mol. The highest BCUT2D eigenvalue weighted by atomic mass is 79.9. The highest BCUT2D eigenvalue weighted by molar-refractivity contribution is 9.10. The predicted octanol–water partition coefficient (Wildman–Crippen LogP) is 4.87. The van der Waals surface area contributed by atoms with Crippen molar-refractivity contribution in [3.8, 4) is 0 Å². The quantitative estimate of drug-likeness (QED) is 0.753. The molecule has 0 saturated heterocycles. The van der Waals surface area contributed by atoms with Crippen molar-refractivity contribution in [2.45, 2.75) is 6.92 Å². The van der Waals surface area contributed by atoms with Gasteiger partial charge in [0.05, 0.1) is 0 Å². The maximum atomic E-state index is 5.71. The Labute approximate surface area is 97.2 Å². The van der Waals surface area contributed by atoms with Crippen LogP contribution >= 0.6 is 15.9 Å². The number of rotatable bonds is 2. The molecule has 0 radical (unpaired) electrons. The van der Waals surface area contributed by atoms with Crippen LogP contribution in [0.5, 0.6) is 0 Å². The Hall–Kier alpha value is -1.28. The van der Waals surface area contributed by atoms with Crippen molar-refractivity contribution in [2.24, 2.45) is 0 Å². The molecule has 2 rings (SSSR count). The van der Waals surface area contributed by atoms with Crippen molar-refractivity contribution >= 4 is 39.1 Å². The first kappa shape index (κ1) is 10.2. The maximum Gasteiger partial charge on any atom is 0.135 e. The third-order valence-electron chi connectivity index (χ3n) is 2.24. The molecule has 2 heteroatoms. The van der Waals surface area contributed by atoms with E-state index in [4.69, 9.17) is 4.42 Å². The van der Waals surface area contributed by atoms with E-state index in [-0.39, 0.29) is 0 Å². The van der Waals surface area contributed by atoms with Crippen LogP contribution < -0.4 is 0 Å². The summed E-state index contributed by atoms with van der Waals surface area (Å²) in [6.07, 6.45) is 5.73. The van der Waals surface area contributed by atoms with Crippen LogP contribution in [0.2, 0.25) is 0 Å². The number of furan rings is 1. The Bertz CT molecular complexity index is 535. The molecule has 0 aliphatic rings. The molecule has 0 fully saturated rings. The lowest BCUT2D eigenvalue weighted by Crippen LogP contribution is -1.72. The van der Waals surface area contributed by atoms with E-state index in [1.165, 1.54) is 0 Å². The number of halogens is 1. The first-order chi connectivity index (χ1) is 7.26. The van der Waals surface area contributed by atoms with Gasteiger partial charge in [0.25, 0.3) is 0 Å². The molecule has 2 aromatic rings. The molecule has 1 heterocycles. The minimum atomic E-state index is 0.862. The van der Waals surface area contributed by atoms with Gasteiger partial charge in [0, 0.05) is 15.4 Å². The Balaban J connectivity index is 2.79. The number of hydrogen-bond acceptors (Lipinski definition) is 1. The largest absolute Gasteiger partial charge is 0.456 e. The van der Waals surface area contributed by atoms with Gasteiger partial charge in [-0.3, -0.25) is 0 Å². The van der Waals surface area contributed by atoms with E-state index in [2.05, 4.69) is 22.5 Å². The molecule has 0 bridgehead atoms. The number of fused-ring (bicyclic) bond motifs is 1. The molecule has 0 unspecified atom stereocenters. The van der Waals surface area contributed by atoms with Crippen LogP contribution in [0.25, 0.3) is 23.1 Å². The van der Waals surface area contributed by atoms with E-state index in [9.17, 15) is 0 Å². The summed E-state index contributed by atoms with van der Waals surface area (Å²) in [7, 11) is 0. The lowest BCUT2D eigenvalue weighted by molar-refractivity contribution is 0.603. The van der Waals surface area contributed by atoms with E-state index in [1.54, 1.807) is 0 Å². The van der Waals surface area contributed by atoms with Crippen LogP contribution in [0, 0.1) is 0 Å². The van der Waals surface area contributed by atoms with Crippen molar-refractivity contribution in [1.29, 1.82) is 0 Å². The molecule has 0 aliphatic heterocycles. The van der Waals surface area contributed by atoms with Crippen LogP contribution in [0.1, 0.15) is 18.2 Å². The molecule has 1 aromatic heterocycles. The van der Waals surface area contributed by atoms with Crippen LogP contribution in [0.4, 0.5) is 0 Å². The summed E-state index contributed by atoms with van der Waals surface area (Å²) in [4.78, 5) is 0. The van der Waals surface area contributed by atoms with Gasteiger partial charge in [-0.1, -0.05) is 34.7 Å². The average Bonchev–Trinajstić information content (AvgIpc) is 2.55. The molecule has 0 amide bonds. The van der Waals surface area contributed by atoms with Crippen LogP contribution in [-0.4, -0.2) is 0 Å². The van der Waals surface area contributed by atoms with Gasteiger partial charge in [0.15, 0.2) is 0 Å². The van der Waals surface area contributed by atoms with Crippen molar-refractivity contribution in [3.63, 3.8) is 0 Å². The van der Waals surface area contributed by atoms with Crippen molar-refractivity contribution in [3.05, 3.63) is 46.7 Å². The second kappa shape index (κ2) is 4.07. The fraction of sp³-hybridized carbons (Fsp3) is 0.0769. The Morgan fingerprint density at radius 1 is 1.40 bits per heavy atom. The van der Waals surface area contributed by atoms with Gasteiger partial charge in [-0.25, -0.2) is 0 Å². The van der Waals surface area contributed by atoms with Crippen LogP contribution in [-0.2, 0) is 0 Å². The summed E-state index contributed by atoms with van der Waals surface area (Å²) in [6.45, 7) is 5.78. The lowest BCUT2D eigenvalue weighted by atomic mass is 10.1. The zero-order valence-corrected chi connectivity index (χ0v) is 10.0. The molecule has 0 saturated carbocycles. The summed E-state index contributed by atoms with van der Waals surface area (Å²) >= 11 is 3.45. The molecule has 76 valence electrons. The molecule has 0 spiro atoms. The zero-order chi connectivity index (χ0) is 10.8. The maximum absolute atomic E-state index is 5.71. The van der Waals surface area contributed by atoms with E-state index < -0.39 is 0 Å². The molecule has 0 N–H and O–H groups in total. The molecule has 1 aromatic carbocycles. The molecule has 15 heavy (non-hydrogen) atoms. The molecular formula is C13H11BrO. The molecule has 0 aliphatic carbocycles. The monoisotopic (exact) mass is 262 g/mol. The standard InChI is InChI=1S/C13H11BrO/c1-3-5-12-10(4-2)11-8-9(14)6-7-13(11)15-12/h3-8H,2H2,1H3/b5-3-. The summed E-state index contributed by atoms with van der Waals surface area (Å²) in [5.41, 5.74) is 1.94. The highest BCUT2D eigenvalue weighted by Crippen LogP contribution is 2.30. The Kier molecular flexibility index (Phi) is 2.78. The van der Waals surface area contributed by atoms with E-state index in [0.29, 0.717) is 0 Å². The van der Waals surface area contributed by atoms with E-state index in [0.717, 1.165) is 26.8 Å². The second-order valence-corrected chi connectivity index (χ2v) is 4.14. The smallest absolute Gasteiger partial charge is 0.135 e. The van der Waals surface area contributed by atoms with Gasteiger partial charge in [0.2, 0.25) is 0 Å². The fourth-order valence-corrected chi connectivity index (χ4v) is 1.95. The topological polar surface area (TPSA) is 13.1 Å². The highest BCUT2D eigenvalue weighted by Gasteiger charge is 2.09. The number of allylic oxidation sites excluding steroid dienone is 1. The van der Waals surface area contributed by atoms with Gasteiger partial charge in [-0.05, 0) is 31.2 Å². The summed E-state index contributed by atoms with van der Waals surface area (Å²) in [5, 5.41) is 1.09. The zero-order valence-electron chi connectivity index (χ0n) is 8.46. The summed E-state index contributed by atoms with van der Waals surface area (Å²) in [5.74, 6) is 0.862. The van der Waals surface area contributed by atoms with Crippen molar-refractivity contribution < 1.29 is 4.42 Å².